The van der Waals surface area contributed by atoms with Gasteiger partial charge in [-0.2, -0.15) is 4.98 Å². The maximum Gasteiger partial charge on any atom is 0.240 e. The van der Waals surface area contributed by atoms with Gasteiger partial charge >= 0.3 is 0 Å². The molecular weight excluding hydrogens is 435 g/mol. The van der Waals surface area contributed by atoms with Crippen LogP contribution in [0.2, 0.25) is 0 Å². The van der Waals surface area contributed by atoms with Crippen molar-refractivity contribution in [2.75, 3.05) is 0 Å². The molecule has 1 heterocycles. The lowest BCUT2D eigenvalue weighted by Crippen LogP contribution is -2.26. The molecule has 0 bridgehead atoms. The Morgan fingerprint density at radius 1 is 1.09 bits per heavy atom. The molecule has 1 aliphatic rings. The summed E-state index contributed by atoms with van der Waals surface area (Å²) in [6.07, 6.45) is 3.02. The Morgan fingerprint density at radius 3 is 2.50 bits per heavy atom. The molecule has 8 nitrogen and oxygen atoms in total. The molecule has 0 spiro atoms. The molecule has 1 amide bonds. The number of carbonyl (C=O) groups is 1. The van der Waals surface area contributed by atoms with Gasteiger partial charge in [-0.1, -0.05) is 17.3 Å². The number of nitrogens with zero attached hydrogens (tertiary/aromatic N) is 2. The summed E-state index contributed by atoms with van der Waals surface area (Å²) in [7, 11) is -3.48. The van der Waals surface area contributed by atoms with Gasteiger partial charge < -0.3 is 9.84 Å². The lowest BCUT2D eigenvalue weighted by molar-refractivity contribution is -0.121. The Balaban J connectivity index is 1.20. The van der Waals surface area contributed by atoms with Crippen LogP contribution in [0.4, 0.5) is 4.39 Å². The van der Waals surface area contributed by atoms with Crippen molar-refractivity contribution < 1.29 is 22.1 Å². The number of halogens is 1. The summed E-state index contributed by atoms with van der Waals surface area (Å²) in [6, 6.07) is 12.3. The standard InChI is InChI=1S/C22H23FN4O4S/c23-17-8-6-16(7-9-17)22-25-21(31-26-22)3-1-2-20(28)24-14-15-4-12-19(13-5-15)32(29,30)27-18-10-11-18/h4-9,12-13,18,27H,1-3,10-11,14H2,(H,24,28). The summed E-state index contributed by atoms with van der Waals surface area (Å²) in [5, 5.41) is 6.69. The number of aryl methyl sites for hydroxylation is 1. The van der Waals surface area contributed by atoms with Crippen LogP contribution in [-0.2, 0) is 27.8 Å². The van der Waals surface area contributed by atoms with Crippen LogP contribution in [0.3, 0.4) is 0 Å². The first kappa shape index (κ1) is 22.1. The van der Waals surface area contributed by atoms with Gasteiger partial charge in [-0.3, -0.25) is 4.79 Å². The number of aromatic nitrogens is 2. The molecule has 1 saturated carbocycles. The second-order valence-corrected chi connectivity index (χ2v) is 9.40. The summed E-state index contributed by atoms with van der Waals surface area (Å²) < 4.78 is 45.2. The Bertz CT molecular complexity index is 1170. The highest BCUT2D eigenvalue weighted by atomic mass is 32.2. The molecule has 0 atom stereocenters. The summed E-state index contributed by atoms with van der Waals surface area (Å²) in [6.45, 7) is 0.310. The van der Waals surface area contributed by atoms with Gasteiger partial charge in [-0.25, -0.2) is 17.5 Å². The average Bonchev–Trinajstić information content (AvgIpc) is 3.46. The van der Waals surface area contributed by atoms with Crippen LogP contribution < -0.4 is 10.0 Å². The lowest BCUT2D eigenvalue weighted by Gasteiger charge is -2.08. The third-order valence-electron chi connectivity index (χ3n) is 4.99. The lowest BCUT2D eigenvalue weighted by atomic mass is 10.2. The first-order valence-corrected chi connectivity index (χ1v) is 11.8. The van der Waals surface area contributed by atoms with E-state index in [1.54, 1.807) is 36.4 Å². The summed E-state index contributed by atoms with van der Waals surface area (Å²) in [5.41, 5.74) is 1.46. The van der Waals surface area contributed by atoms with Crippen molar-refractivity contribution in [3.05, 3.63) is 65.8 Å². The molecule has 0 unspecified atom stereocenters. The van der Waals surface area contributed by atoms with Crippen molar-refractivity contribution in [1.29, 1.82) is 0 Å². The monoisotopic (exact) mass is 458 g/mol. The number of sulfonamides is 1. The molecule has 1 aliphatic carbocycles. The average molecular weight is 459 g/mol. The second kappa shape index (κ2) is 9.58. The molecule has 2 N–H and O–H groups in total. The normalized spacial score (nSPS) is 13.8. The number of amides is 1. The third kappa shape index (κ3) is 5.98. The quantitative estimate of drug-likeness (QED) is 0.483. The van der Waals surface area contributed by atoms with E-state index in [4.69, 9.17) is 4.52 Å². The molecule has 1 fully saturated rings. The first-order chi connectivity index (χ1) is 15.4. The van der Waals surface area contributed by atoms with E-state index in [2.05, 4.69) is 20.2 Å². The molecule has 1 aromatic heterocycles. The van der Waals surface area contributed by atoms with Gasteiger partial charge in [0.25, 0.3) is 0 Å². The van der Waals surface area contributed by atoms with Crippen LogP contribution in [0.25, 0.3) is 11.4 Å². The fraction of sp³-hybridized carbons (Fsp3) is 0.318. The van der Waals surface area contributed by atoms with Gasteiger partial charge in [0.2, 0.25) is 27.6 Å². The Morgan fingerprint density at radius 2 is 1.81 bits per heavy atom. The van der Waals surface area contributed by atoms with Crippen LogP contribution in [0.15, 0.2) is 57.9 Å². The number of nitrogens with one attached hydrogen (secondary N) is 2. The maximum atomic E-state index is 13.0. The molecule has 2 aromatic carbocycles. The van der Waals surface area contributed by atoms with E-state index in [0.29, 0.717) is 36.7 Å². The largest absolute Gasteiger partial charge is 0.352 e. The third-order valence-corrected chi connectivity index (χ3v) is 6.52. The van der Waals surface area contributed by atoms with Crippen LogP contribution in [0.5, 0.6) is 0 Å². The molecular formula is C22H23FN4O4S. The zero-order valence-corrected chi connectivity index (χ0v) is 18.1. The van der Waals surface area contributed by atoms with Crippen LogP contribution in [0, 0.1) is 5.82 Å². The van der Waals surface area contributed by atoms with E-state index < -0.39 is 10.0 Å². The fourth-order valence-electron chi connectivity index (χ4n) is 3.04. The van der Waals surface area contributed by atoms with Crippen molar-refractivity contribution in [2.24, 2.45) is 0 Å². The van der Waals surface area contributed by atoms with E-state index >= 15 is 0 Å². The van der Waals surface area contributed by atoms with Gasteiger partial charge in [0.15, 0.2) is 0 Å². The molecule has 168 valence electrons. The summed E-state index contributed by atoms with van der Waals surface area (Å²) in [5.74, 6) is 0.321. The molecule has 0 radical (unpaired) electrons. The SMILES string of the molecule is O=C(CCCc1nc(-c2ccc(F)cc2)no1)NCc1ccc(S(=O)(=O)NC2CC2)cc1. The maximum absolute atomic E-state index is 13.0. The predicted octanol–water partition coefficient (Wildman–Crippen LogP) is 2.96. The smallest absolute Gasteiger partial charge is 0.240 e. The Labute approximate surface area is 185 Å². The predicted molar refractivity (Wildman–Crippen MR) is 114 cm³/mol. The topological polar surface area (TPSA) is 114 Å². The summed E-state index contributed by atoms with van der Waals surface area (Å²) >= 11 is 0. The van der Waals surface area contributed by atoms with E-state index in [0.717, 1.165) is 18.4 Å². The highest BCUT2D eigenvalue weighted by Crippen LogP contribution is 2.22. The molecule has 10 heteroatoms. The minimum absolute atomic E-state index is 0.0561. The van der Waals surface area contributed by atoms with Gasteiger partial charge in [0.1, 0.15) is 5.82 Å². The minimum Gasteiger partial charge on any atom is -0.352 e. The number of hydrogen-bond acceptors (Lipinski definition) is 6. The van der Waals surface area contributed by atoms with Crippen LogP contribution in [0.1, 0.15) is 37.1 Å². The molecule has 32 heavy (non-hydrogen) atoms. The van der Waals surface area contributed by atoms with E-state index in [1.807, 2.05) is 0 Å². The highest BCUT2D eigenvalue weighted by Gasteiger charge is 2.27. The Hall–Kier alpha value is -3.11. The second-order valence-electron chi connectivity index (χ2n) is 7.69. The zero-order chi connectivity index (χ0) is 22.6. The molecule has 4 rings (SSSR count). The molecule has 0 aliphatic heterocycles. The van der Waals surface area contributed by atoms with Crippen molar-refractivity contribution in [3.63, 3.8) is 0 Å². The minimum atomic E-state index is -3.48. The van der Waals surface area contributed by atoms with Gasteiger partial charge in [-0.15, -0.1) is 0 Å². The summed E-state index contributed by atoms with van der Waals surface area (Å²) in [4.78, 5) is 16.6. The van der Waals surface area contributed by atoms with Gasteiger partial charge in [0.05, 0.1) is 4.90 Å². The van der Waals surface area contributed by atoms with Crippen LogP contribution >= 0.6 is 0 Å². The number of carbonyl (C=O) groups excluding carboxylic acids is 1. The van der Waals surface area contributed by atoms with E-state index in [1.165, 1.54) is 12.1 Å². The van der Waals surface area contributed by atoms with Gasteiger partial charge in [-0.05, 0) is 61.2 Å². The Kier molecular flexibility index (Phi) is 6.61. The van der Waals surface area contributed by atoms with Crippen molar-refractivity contribution in [1.82, 2.24) is 20.2 Å². The molecule has 0 saturated heterocycles. The first-order valence-electron chi connectivity index (χ1n) is 10.4. The number of benzene rings is 2. The van der Waals surface area contributed by atoms with E-state index in [9.17, 15) is 17.6 Å². The number of rotatable bonds is 10. The van der Waals surface area contributed by atoms with E-state index in [-0.39, 0.29) is 29.1 Å². The van der Waals surface area contributed by atoms with Crippen molar-refractivity contribution >= 4 is 15.9 Å². The number of hydrogen-bond donors (Lipinski definition) is 2. The van der Waals surface area contributed by atoms with Crippen molar-refractivity contribution in [3.8, 4) is 11.4 Å². The molecule has 3 aromatic rings. The zero-order valence-electron chi connectivity index (χ0n) is 17.3. The van der Waals surface area contributed by atoms with Crippen LogP contribution in [-0.4, -0.2) is 30.5 Å². The fourth-order valence-corrected chi connectivity index (χ4v) is 4.34. The van der Waals surface area contributed by atoms with Gasteiger partial charge in [0, 0.05) is 31.0 Å². The highest BCUT2D eigenvalue weighted by molar-refractivity contribution is 7.89. The van der Waals surface area contributed by atoms with Crippen molar-refractivity contribution in [2.45, 2.75) is 49.6 Å².